The van der Waals surface area contributed by atoms with Crippen LogP contribution in [-0.2, 0) is 22.4 Å². The molecule has 1 fully saturated rings. The van der Waals surface area contributed by atoms with E-state index in [4.69, 9.17) is 10.5 Å². The molecular formula is C35H44N4O4. The lowest BCUT2D eigenvalue weighted by Crippen LogP contribution is -2.56. The van der Waals surface area contributed by atoms with Gasteiger partial charge < -0.3 is 26.4 Å². The Morgan fingerprint density at radius 1 is 0.814 bits per heavy atom. The summed E-state index contributed by atoms with van der Waals surface area (Å²) in [5.74, 6) is 0.198. The highest BCUT2D eigenvalue weighted by Gasteiger charge is 2.42. The first-order chi connectivity index (χ1) is 20.8. The summed E-state index contributed by atoms with van der Waals surface area (Å²) in [4.78, 5) is 40.6. The van der Waals surface area contributed by atoms with Crippen LogP contribution in [0.4, 0.5) is 0 Å². The maximum absolute atomic E-state index is 13.9. The van der Waals surface area contributed by atoms with E-state index in [1.807, 2.05) is 67.6 Å². The zero-order chi connectivity index (χ0) is 30.7. The normalized spacial score (nSPS) is 18.9. The third-order valence-corrected chi connectivity index (χ3v) is 8.41. The van der Waals surface area contributed by atoms with Gasteiger partial charge in [-0.1, -0.05) is 67.6 Å². The van der Waals surface area contributed by atoms with Crippen LogP contribution in [0.15, 0.2) is 84.9 Å². The van der Waals surface area contributed by atoms with Crippen LogP contribution in [0.2, 0.25) is 0 Å². The second-order valence-corrected chi connectivity index (χ2v) is 11.5. The third kappa shape index (κ3) is 8.91. The number of carbonyl (C=O) groups is 3. The van der Waals surface area contributed by atoms with E-state index in [1.54, 1.807) is 24.3 Å². The Labute approximate surface area is 254 Å². The first-order valence-corrected chi connectivity index (χ1v) is 15.2. The number of carbonyl (C=O) groups excluding carboxylic acids is 3. The molecule has 228 valence electrons. The molecule has 0 aromatic heterocycles. The molecule has 1 aliphatic carbocycles. The molecule has 3 aromatic rings. The summed E-state index contributed by atoms with van der Waals surface area (Å²) in [5, 5.41) is 9.00. The summed E-state index contributed by atoms with van der Waals surface area (Å²) in [6.45, 7) is 5.81. The summed E-state index contributed by atoms with van der Waals surface area (Å²) in [7, 11) is 0. The van der Waals surface area contributed by atoms with Crippen molar-refractivity contribution in [2.45, 2.75) is 58.0 Å². The number of hydrogen-bond donors (Lipinski definition) is 4. The van der Waals surface area contributed by atoms with E-state index in [0.29, 0.717) is 37.6 Å². The SMILES string of the molecule is CCOc1ccc(CC(NC(=O)c2ccccc2)C(=O)NC(Cc2ccccc2)C(=O)NCC2(CC)CC(CN)C2)cc1. The Hall–Kier alpha value is -4.17. The zero-order valence-electron chi connectivity index (χ0n) is 25.2. The van der Waals surface area contributed by atoms with E-state index in [1.165, 1.54) is 0 Å². The molecule has 0 heterocycles. The van der Waals surface area contributed by atoms with Crippen molar-refractivity contribution in [3.63, 3.8) is 0 Å². The van der Waals surface area contributed by atoms with Gasteiger partial charge >= 0.3 is 0 Å². The van der Waals surface area contributed by atoms with Gasteiger partial charge in [0.1, 0.15) is 17.8 Å². The highest BCUT2D eigenvalue weighted by Crippen LogP contribution is 2.47. The first kappa shape index (κ1) is 31.8. The van der Waals surface area contributed by atoms with Gasteiger partial charge in [-0.25, -0.2) is 0 Å². The molecule has 8 nitrogen and oxygen atoms in total. The number of hydrogen-bond acceptors (Lipinski definition) is 5. The van der Waals surface area contributed by atoms with Crippen LogP contribution in [0, 0.1) is 11.3 Å². The molecule has 2 atom stereocenters. The fraction of sp³-hybridized carbons (Fsp3) is 0.400. The fourth-order valence-corrected chi connectivity index (χ4v) is 5.78. The minimum atomic E-state index is -0.907. The van der Waals surface area contributed by atoms with Crippen LogP contribution in [0.3, 0.4) is 0 Å². The van der Waals surface area contributed by atoms with Gasteiger partial charge in [-0.2, -0.15) is 0 Å². The molecule has 0 saturated heterocycles. The maximum atomic E-state index is 13.9. The van der Waals surface area contributed by atoms with Gasteiger partial charge in [-0.15, -0.1) is 0 Å². The van der Waals surface area contributed by atoms with Gasteiger partial charge in [0.25, 0.3) is 5.91 Å². The van der Waals surface area contributed by atoms with Crippen LogP contribution < -0.4 is 26.4 Å². The number of nitrogens with one attached hydrogen (secondary N) is 3. The molecule has 0 spiro atoms. The molecule has 1 aliphatic rings. The van der Waals surface area contributed by atoms with Crippen molar-refractivity contribution in [2.24, 2.45) is 17.1 Å². The van der Waals surface area contributed by atoms with Crippen LogP contribution in [0.25, 0.3) is 0 Å². The second kappa shape index (κ2) is 15.3. The molecular weight excluding hydrogens is 540 g/mol. The van der Waals surface area contributed by atoms with Crippen molar-refractivity contribution in [3.8, 4) is 5.75 Å². The first-order valence-electron chi connectivity index (χ1n) is 15.2. The Morgan fingerprint density at radius 2 is 1.40 bits per heavy atom. The lowest BCUT2D eigenvalue weighted by molar-refractivity contribution is -0.130. The predicted octanol–water partition coefficient (Wildman–Crippen LogP) is 4.04. The van der Waals surface area contributed by atoms with E-state index >= 15 is 0 Å². The standard InChI is InChI=1S/C35H44N4O4/c1-3-35(21-27(22-35)23-36)24-37-33(41)30(19-25-11-7-5-8-12-25)39-34(42)31(38-32(40)28-13-9-6-10-14-28)20-26-15-17-29(18-16-26)43-4-2/h5-18,27,30-31H,3-4,19-24,36H2,1-2H3,(H,37,41)(H,38,40)(H,39,42). The second-order valence-electron chi connectivity index (χ2n) is 11.5. The van der Waals surface area contributed by atoms with Crippen LogP contribution in [-0.4, -0.2) is 49.5 Å². The summed E-state index contributed by atoms with van der Waals surface area (Å²) in [5.41, 5.74) is 8.13. The lowest BCUT2D eigenvalue weighted by atomic mass is 9.60. The molecule has 3 amide bonds. The fourth-order valence-electron chi connectivity index (χ4n) is 5.78. The van der Waals surface area contributed by atoms with E-state index in [0.717, 1.165) is 36.1 Å². The molecule has 5 N–H and O–H groups in total. The van der Waals surface area contributed by atoms with Gasteiger partial charge in [0.05, 0.1) is 6.61 Å². The highest BCUT2D eigenvalue weighted by molar-refractivity contribution is 5.98. The summed E-state index contributed by atoms with van der Waals surface area (Å²) >= 11 is 0. The summed E-state index contributed by atoms with van der Waals surface area (Å²) in [6, 6.07) is 24.1. The van der Waals surface area contributed by atoms with Gasteiger partial charge in [0.2, 0.25) is 11.8 Å². The molecule has 4 rings (SSSR count). The van der Waals surface area contributed by atoms with Crippen molar-refractivity contribution in [1.29, 1.82) is 0 Å². The van der Waals surface area contributed by atoms with Gasteiger partial charge in [-0.05, 0) is 79.5 Å². The Morgan fingerprint density at radius 3 is 1.98 bits per heavy atom. The van der Waals surface area contributed by atoms with E-state index < -0.39 is 18.0 Å². The average molecular weight is 585 g/mol. The zero-order valence-corrected chi connectivity index (χ0v) is 25.2. The minimum Gasteiger partial charge on any atom is -0.494 e. The monoisotopic (exact) mass is 584 g/mol. The Bertz CT molecular complexity index is 1320. The predicted molar refractivity (Wildman–Crippen MR) is 169 cm³/mol. The number of benzene rings is 3. The quantitative estimate of drug-likeness (QED) is 0.215. The molecule has 8 heteroatoms. The molecule has 2 unspecified atom stereocenters. The highest BCUT2D eigenvalue weighted by atomic mass is 16.5. The van der Waals surface area contributed by atoms with Crippen molar-refractivity contribution in [1.82, 2.24) is 16.0 Å². The van der Waals surface area contributed by atoms with Crippen molar-refractivity contribution >= 4 is 17.7 Å². The molecule has 0 bridgehead atoms. The molecule has 0 radical (unpaired) electrons. The molecule has 0 aliphatic heterocycles. The third-order valence-electron chi connectivity index (χ3n) is 8.41. The largest absolute Gasteiger partial charge is 0.494 e. The number of rotatable bonds is 15. The van der Waals surface area contributed by atoms with Crippen LogP contribution in [0.5, 0.6) is 5.75 Å². The summed E-state index contributed by atoms with van der Waals surface area (Å²) < 4.78 is 5.55. The number of amides is 3. The Balaban J connectivity index is 1.52. The number of nitrogens with two attached hydrogens (primary N) is 1. The topological polar surface area (TPSA) is 123 Å². The van der Waals surface area contributed by atoms with Crippen molar-refractivity contribution < 1.29 is 19.1 Å². The Kier molecular flexibility index (Phi) is 11.3. The molecule has 1 saturated carbocycles. The molecule has 3 aromatic carbocycles. The lowest BCUT2D eigenvalue weighted by Gasteiger charge is -2.47. The van der Waals surface area contributed by atoms with E-state index in [2.05, 4.69) is 22.9 Å². The smallest absolute Gasteiger partial charge is 0.251 e. The van der Waals surface area contributed by atoms with E-state index in [-0.39, 0.29) is 23.7 Å². The molecule has 43 heavy (non-hydrogen) atoms. The van der Waals surface area contributed by atoms with Crippen molar-refractivity contribution in [3.05, 3.63) is 102 Å². The average Bonchev–Trinajstić information content (AvgIpc) is 3.02. The maximum Gasteiger partial charge on any atom is 0.251 e. The van der Waals surface area contributed by atoms with Gasteiger partial charge in [-0.3, -0.25) is 14.4 Å². The van der Waals surface area contributed by atoms with Crippen LogP contribution in [0.1, 0.15) is 54.6 Å². The van der Waals surface area contributed by atoms with Gasteiger partial charge in [0, 0.05) is 24.9 Å². The van der Waals surface area contributed by atoms with Gasteiger partial charge in [0.15, 0.2) is 0 Å². The van der Waals surface area contributed by atoms with Crippen molar-refractivity contribution in [2.75, 3.05) is 19.7 Å². The summed E-state index contributed by atoms with van der Waals surface area (Å²) in [6.07, 6.45) is 3.51. The van der Waals surface area contributed by atoms with E-state index in [9.17, 15) is 14.4 Å². The minimum absolute atomic E-state index is 0.0425. The van der Waals surface area contributed by atoms with Crippen LogP contribution >= 0.6 is 0 Å². The number of ether oxygens (including phenoxy) is 1.